The molecule has 1 atom stereocenters. The van der Waals surface area contributed by atoms with Gasteiger partial charge < -0.3 is 10.2 Å². The van der Waals surface area contributed by atoms with Gasteiger partial charge in [0.05, 0.1) is 37.1 Å². The Morgan fingerprint density at radius 2 is 1.41 bits per heavy atom. The van der Waals surface area contributed by atoms with Crippen LogP contribution in [0, 0.1) is 0 Å². The number of rotatable bonds is 11. The van der Waals surface area contributed by atoms with Gasteiger partial charge >= 0.3 is 0 Å². The maximum Gasteiger partial charge on any atom is 0.244 e. The zero-order chi connectivity index (χ0) is 30.5. The molecule has 0 spiro atoms. The summed E-state index contributed by atoms with van der Waals surface area (Å²) < 4.78 is 26.7. The second-order valence-corrected chi connectivity index (χ2v) is 13.6. The first-order valence-electron chi connectivity index (χ1n) is 12.4. The number of anilines is 1. The molecule has 3 aromatic rings. The van der Waals surface area contributed by atoms with Gasteiger partial charge in [0.2, 0.25) is 21.8 Å². The van der Waals surface area contributed by atoms with Crippen molar-refractivity contribution in [2.75, 3.05) is 17.1 Å². The van der Waals surface area contributed by atoms with Crippen molar-refractivity contribution < 1.29 is 18.0 Å². The van der Waals surface area contributed by atoms with Crippen molar-refractivity contribution in [2.24, 2.45) is 0 Å². The van der Waals surface area contributed by atoms with Gasteiger partial charge in [0.25, 0.3) is 0 Å². The molecule has 0 fully saturated rings. The molecule has 1 unspecified atom stereocenters. The van der Waals surface area contributed by atoms with Gasteiger partial charge in [-0.1, -0.05) is 94.4 Å². The minimum Gasteiger partial charge on any atom is -0.352 e. The van der Waals surface area contributed by atoms with Gasteiger partial charge in [-0.15, -0.1) is 0 Å². The van der Waals surface area contributed by atoms with E-state index >= 15 is 0 Å². The molecule has 2 amide bonds. The second-order valence-electron chi connectivity index (χ2n) is 9.63. The average Bonchev–Trinajstić information content (AvgIpc) is 2.88. The number of benzene rings is 3. The molecular weight excluding hydrogens is 652 g/mol. The summed E-state index contributed by atoms with van der Waals surface area (Å²) in [5, 5.41) is 3.62. The highest BCUT2D eigenvalue weighted by molar-refractivity contribution is 7.92. The van der Waals surface area contributed by atoms with E-state index in [0.29, 0.717) is 10.6 Å². The largest absolute Gasteiger partial charge is 0.352 e. The molecule has 3 rings (SSSR count). The molecule has 7 nitrogen and oxygen atoms in total. The summed E-state index contributed by atoms with van der Waals surface area (Å²) in [6, 6.07) is 15.4. The molecule has 0 saturated heterocycles. The van der Waals surface area contributed by atoms with Crippen LogP contribution in [-0.4, -0.2) is 50.0 Å². The summed E-state index contributed by atoms with van der Waals surface area (Å²) >= 11 is 30.9. The van der Waals surface area contributed by atoms with Crippen LogP contribution in [0.3, 0.4) is 0 Å². The quantitative estimate of drug-likeness (QED) is 0.224. The monoisotopic (exact) mass is 677 g/mol. The number of halogens is 5. The van der Waals surface area contributed by atoms with Gasteiger partial charge in [-0.25, -0.2) is 8.42 Å². The number of hydrogen-bond acceptors (Lipinski definition) is 4. The van der Waals surface area contributed by atoms with Crippen LogP contribution in [0.4, 0.5) is 5.69 Å². The molecule has 0 aliphatic carbocycles. The molecule has 1 N–H and O–H groups in total. The Kier molecular flexibility index (Phi) is 11.6. The van der Waals surface area contributed by atoms with Crippen molar-refractivity contribution >= 4 is 85.5 Å². The van der Waals surface area contributed by atoms with Gasteiger partial charge in [-0.3, -0.25) is 13.9 Å². The standard InChI is InChI=1S/C28H28Cl5N3O4S/c1-17(2)34-28(38)26(12-18-7-5-4-6-8-18)35(15-19-9-10-20(29)21(30)11-19)27(37)16-36(41(3,39)40)25-14-23(32)22(31)13-24(25)33/h4-11,13-14,17,26H,12,15-16H2,1-3H3,(H,34,38). The van der Waals surface area contributed by atoms with E-state index in [1.54, 1.807) is 32.0 Å². The fourth-order valence-corrected chi connectivity index (χ4v) is 5.93. The summed E-state index contributed by atoms with van der Waals surface area (Å²) in [4.78, 5) is 29.0. The second kappa shape index (κ2) is 14.3. The molecule has 41 heavy (non-hydrogen) atoms. The SMILES string of the molecule is CC(C)NC(=O)C(Cc1ccccc1)N(Cc1ccc(Cl)c(Cl)c1)C(=O)CN(c1cc(Cl)c(Cl)cc1Cl)S(C)(=O)=O. The minimum atomic E-state index is -4.05. The first-order valence-corrected chi connectivity index (χ1v) is 16.1. The normalized spacial score (nSPS) is 12.2. The molecule has 0 saturated carbocycles. The van der Waals surface area contributed by atoms with E-state index in [4.69, 9.17) is 58.0 Å². The highest BCUT2D eigenvalue weighted by Crippen LogP contribution is 2.36. The summed E-state index contributed by atoms with van der Waals surface area (Å²) in [5.41, 5.74) is 1.36. The molecule has 3 aromatic carbocycles. The molecule has 0 heterocycles. The first-order chi connectivity index (χ1) is 19.2. The number of nitrogens with one attached hydrogen (secondary N) is 1. The van der Waals surface area contributed by atoms with Gasteiger partial charge in [-0.05, 0) is 49.2 Å². The van der Waals surface area contributed by atoms with E-state index in [-0.39, 0.29) is 44.8 Å². The maximum atomic E-state index is 14.1. The topological polar surface area (TPSA) is 86.8 Å². The lowest BCUT2D eigenvalue weighted by molar-refractivity contribution is -0.140. The van der Waals surface area contributed by atoms with E-state index in [1.165, 1.54) is 17.0 Å². The number of carbonyl (C=O) groups is 2. The number of hydrogen-bond donors (Lipinski definition) is 1. The number of amides is 2. The van der Waals surface area contributed by atoms with Gasteiger partial charge in [0, 0.05) is 19.0 Å². The fraction of sp³-hybridized carbons (Fsp3) is 0.286. The Morgan fingerprint density at radius 3 is 2.00 bits per heavy atom. The van der Waals surface area contributed by atoms with E-state index < -0.39 is 34.4 Å². The lowest BCUT2D eigenvalue weighted by atomic mass is 10.0. The third-order valence-electron chi connectivity index (χ3n) is 5.98. The smallest absolute Gasteiger partial charge is 0.244 e. The van der Waals surface area contributed by atoms with Crippen LogP contribution in [-0.2, 0) is 32.6 Å². The van der Waals surface area contributed by atoms with Gasteiger partial charge in [-0.2, -0.15) is 0 Å². The Bertz CT molecular complexity index is 1520. The summed E-state index contributed by atoms with van der Waals surface area (Å²) in [5.74, 6) is -1.07. The summed E-state index contributed by atoms with van der Waals surface area (Å²) in [6.07, 6.45) is 1.11. The predicted octanol–water partition coefficient (Wildman–Crippen LogP) is 6.88. The van der Waals surface area contributed by atoms with Crippen molar-refractivity contribution in [3.05, 3.63) is 96.9 Å². The van der Waals surface area contributed by atoms with Gasteiger partial charge in [0.1, 0.15) is 12.6 Å². The average molecular weight is 680 g/mol. The zero-order valence-electron chi connectivity index (χ0n) is 22.4. The van der Waals surface area contributed by atoms with Crippen LogP contribution < -0.4 is 9.62 Å². The highest BCUT2D eigenvalue weighted by atomic mass is 35.5. The Hall–Kier alpha value is -2.20. The Balaban J connectivity index is 2.11. The van der Waals surface area contributed by atoms with E-state index in [9.17, 15) is 18.0 Å². The van der Waals surface area contributed by atoms with Crippen molar-refractivity contribution in [1.29, 1.82) is 0 Å². The van der Waals surface area contributed by atoms with Crippen LogP contribution in [0.2, 0.25) is 25.1 Å². The van der Waals surface area contributed by atoms with Crippen molar-refractivity contribution in [3.8, 4) is 0 Å². The highest BCUT2D eigenvalue weighted by Gasteiger charge is 2.34. The lowest BCUT2D eigenvalue weighted by Crippen LogP contribution is -2.54. The van der Waals surface area contributed by atoms with Crippen LogP contribution in [0.15, 0.2) is 60.7 Å². The molecule has 0 aromatic heterocycles. The third-order valence-corrected chi connectivity index (χ3v) is 8.87. The lowest BCUT2D eigenvalue weighted by Gasteiger charge is -2.34. The third kappa shape index (κ3) is 9.14. The van der Waals surface area contributed by atoms with Crippen LogP contribution in [0.5, 0.6) is 0 Å². The van der Waals surface area contributed by atoms with Crippen LogP contribution in [0.25, 0.3) is 0 Å². The van der Waals surface area contributed by atoms with Crippen LogP contribution in [0.1, 0.15) is 25.0 Å². The van der Waals surface area contributed by atoms with E-state index in [0.717, 1.165) is 16.1 Å². The van der Waals surface area contributed by atoms with Crippen molar-refractivity contribution in [3.63, 3.8) is 0 Å². The molecular formula is C28H28Cl5N3O4S. The molecule has 220 valence electrons. The first kappa shape index (κ1) is 33.3. The molecule has 0 bridgehead atoms. The number of nitrogens with zero attached hydrogens (tertiary/aromatic N) is 2. The molecule has 13 heteroatoms. The van der Waals surface area contributed by atoms with Crippen LogP contribution >= 0.6 is 58.0 Å². The van der Waals surface area contributed by atoms with Crippen molar-refractivity contribution in [1.82, 2.24) is 10.2 Å². The van der Waals surface area contributed by atoms with E-state index in [2.05, 4.69) is 5.32 Å². The Morgan fingerprint density at radius 1 is 0.805 bits per heavy atom. The number of sulfonamides is 1. The van der Waals surface area contributed by atoms with Crippen molar-refractivity contribution in [2.45, 2.75) is 38.9 Å². The van der Waals surface area contributed by atoms with Gasteiger partial charge in [0.15, 0.2) is 0 Å². The minimum absolute atomic E-state index is 0.0213. The Labute approximate surface area is 265 Å². The zero-order valence-corrected chi connectivity index (χ0v) is 27.0. The molecule has 0 aliphatic rings. The fourth-order valence-electron chi connectivity index (χ4n) is 4.07. The predicted molar refractivity (Wildman–Crippen MR) is 168 cm³/mol. The summed E-state index contributed by atoms with van der Waals surface area (Å²) in [6.45, 7) is 2.88. The maximum absolute atomic E-state index is 14.1. The van der Waals surface area contributed by atoms with E-state index in [1.807, 2.05) is 30.3 Å². The molecule has 0 radical (unpaired) electrons. The number of carbonyl (C=O) groups excluding carboxylic acids is 2. The summed E-state index contributed by atoms with van der Waals surface area (Å²) in [7, 11) is -4.05. The molecule has 0 aliphatic heterocycles.